The van der Waals surface area contributed by atoms with Crippen molar-refractivity contribution >= 4 is 23.2 Å². The predicted octanol–water partition coefficient (Wildman–Crippen LogP) is 2.93. The Kier molecular flexibility index (Phi) is 2.76. The quantitative estimate of drug-likeness (QED) is 0.804. The van der Waals surface area contributed by atoms with E-state index in [1.165, 1.54) is 0 Å². The fraction of sp³-hybridized carbons (Fsp3) is 0.364. The minimum atomic E-state index is 0.373. The van der Waals surface area contributed by atoms with Crippen molar-refractivity contribution in [1.82, 2.24) is 19.7 Å². The van der Waals surface area contributed by atoms with Crippen molar-refractivity contribution in [2.24, 2.45) is 0 Å². The zero-order valence-corrected chi connectivity index (χ0v) is 10.5. The van der Waals surface area contributed by atoms with Gasteiger partial charge >= 0.3 is 0 Å². The van der Waals surface area contributed by atoms with Gasteiger partial charge in [0.05, 0.1) is 11.6 Å². The molecule has 3 rings (SSSR count). The Bertz CT molecular complexity index is 534. The molecule has 0 bridgehead atoms. The zero-order chi connectivity index (χ0) is 11.8. The van der Waals surface area contributed by atoms with E-state index in [1.807, 2.05) is 0 Å². The fourth-order valence-corrected chi connectivity index (χ4v) is 2.40. The van der Waals surface area contributed by atoms with Gasteiger partial charge in [-0.25, -0.2) is 9.97 Å². The Hall–Kier alpha value is -1.13. The van der Waals surface area contributed by atoms with Crippen LogP contribution in [0.15, 0.2) is 18.5 Å². The van der Waals surface area contributed by atoms with E-state index in [-0.39, 0.29) is 0 Å². The van der Waals surface area contributed by atoms with Gasteiger partial charge < -0.3 is 0 Å². The van der Waals surface area contributed by atoms with Crippen molar-refractivity contribution in [3.63, 3.8) is 0 Å². The Morgan fingerprint density at radius 2 is 2.00 bits per heavy atom. The molecule has 0 radical (unpaired) electrons. The number of hydrogen-bond acceptors (Lipinski definition) is 3. The molecule has 0 saturated heterocycles. The van der Waals surface area contributed by atoms with Crippen LogP contribution in [0.5, 0.6) is 0 Å². The molecular formula is C11H10Cl2N4. The first-order chi connectivity index (χ1) is 8.31. The van der Waals surface area contributed by atoms with Gasteiger partial charge in [-0.05, 0) is 18.9 Å². The molecule has 6 heteroatoms. The first-order valence-corrected chi connectivity index (χ1v) is 6.33. The van der Waals surface area contributed by atoms with Crippen LogP contribution in [0.25, 0.3) is 5.95 Å². The standard InChI is InChI=1S/C11H10Cl2N4/c12-6-8-9(7-2-3-7)16-17(10(8)13)11-14-4-1-5-15-11/h1,4-5,7H,2-3,6H2. The van der Waals surface area contributed by atoms with Gasteiger partial charge in [0, 0.05) is 23.9 Å². The van der Waals surface area contributed by atoms with Gasteiger partial charge in [-0.3, -0.25) is 0 Å². The second-order valence-corrected chi connectivity index (χ2v) is 4.65. The number of rotatable bonds is 3. The normalized spacial score (nSPS) is 15.2. The van der Waals surface area contributed by atoms with E-state index in [9.17, 15) is 0 Å². The molecule has 1 fully saturated rings. The maximum absolute atomic E-state index is 6.27. The maximum atomic E-state index is 6.27. The number of hydrogen-bond donors (Lipinski definition) is 0. The monoisotopic (exact) mass is 268 g/mol. The Morgan fingerprint density at radius 3 is 2.59 bits per heavy atom. The van der Waals surface area contributed by atoms with E-state index in [1.54, 1.807) is 23.1 Å². The van der Waals surface area contributed by atoms with Crippen LogP contribution in [-0.2, 0) is 5.88 Å². The molecule has 0 aliphatic heterocycles. The molecular weight excluding hydrogens is 259 g/mol. The summed E-state index contributed by atoms with van der Waals surface area (Å²) in [6.07, 6.45) is 5.65. The Labute approximate surface area is 109 Å². The van der Waals surface area contributed by atoms with Crippen molar-refractivity contribution in [3.05, 3.63) is 34.9 Å². The highest BCUT2D eigenvalue weighted by Crippen LogP contribution is 2.43. The lowest BCUT2D eigenvalue weighted by molar-refractivity contribution is 0.783. The van der Waals surface area contributed by atoms with E-state index in [0.717, 1.165) is 24.1 Å². The molecule has 1 aliphatic carbocycles. The van der Waals surface area contributed by atoms with Crippen molar-refractivity contribution in [2.75, 3.05) is 0 Å². The molecule has 88 valence electrons. The van der Waals surface area contributed by atoms with Crippen LogP contribution in [0, 0.1) is 0 Å². The van der Waals surface area contributed by atoms with E-state index in [0.29, 0.717) is 22.9 Å². The van der Waals surface area contributed by atoms with Crippen LogP contribution in [0.3, 0.4) is 0 Å². The molecule has 17 heavy (non-hydrogen) atoms. The molecule has 0 amide bonds. The van der Waals surface area contributed by atoms with Gasteiger partial charge in [0.15, 0.2) is 0 Å². The summed E-state index contributed by atoms with van der Waals surface area (Å²) in [7, 11) is 0. The van der Waals surface area contributed by atoms with Crippen molar-refractivity contribution < 1.29 is 0 Å². The molecule has 2 aromatic heterocycles. The number of aromatic nitrogens is 4. The summed E-state index contributed by atoms with van der Waals surface area (Å²) in [6, 6.07) is 1.76. The van der Waals surface area contributed by atoms with Crippen LogP contribution in [0.4, 0.5) is 0 Å². The van der Waals surface area contributed by atoms with Crippen LogP contribution >= 0.6 is 23.2 Å². The van der Waals surface area contributed by atoms with Crippen LogP contribution < -0.4 is 0 Å². The second kappa shape index (κ2) is 4.27. The summed E-state index contributed by atoms with van der Waals surface area (Å²) in [4.78, 5) is 8.28. The third-order valence-corrected chi connectivity index (χ3v) is 3.45. The zero-order valence-electron chi connectivity index (χ0n) is 8.98. The van der Waals surface area contributed by atoms with Gasteiger partial charge in [-0.15, -0.1) is 11.6 Å². The van der Waals surface area contributed by atoms with Gasteiger partial charge in [-0.2, -0.15) is 9.78 Å². The highest BCUT2D eigenvalue weighted by molar-refractivity contribution is 6.31. The lowest BCUT2D eigenvalue weighted by Gasteiger charge is -1.99. The van der Waals surface area contributed by atoms with Gasteiger partial charge in [0.2, 0.25) is 0 Å². The van der Waals surface area contributed by atoms with Crippen LogP contribution in [-0.4, -0.2) is 19.7 Å². The minimum absolute atomic E-state index is 0.373. The lowest BCUT2D eigenvalue weighted by Crippen LogP contribution is -2.02. The number of alkyl halides is 1. The van der Waals surface area contributed by atoms with E-state index in [4.69, 9.17) is 23.2 Å². The average molecular weight is 269 g/mol. The Balaban J connectivity index is 2.11. The van der Waals surface area contributed by atoms with Crippen molar-refractivity contribution in [2.45, 2.75) is 24.6 Å². The van der Waals surface area contributed by atoms with Gasteiger partial charge in [0.1, 0.15) is 5.15 Å². The minimum Gasteiger partial charge on any atom is -0.220 e. The maximum Gasteiger partial charge on any atom is 0.251 e. The second-order valence-electron chi connectivity index (χ2n) is 4.02. The largest absolute Gasteiger partial charge is 0.251 e. The molecule has 1 aliphatic rings. The summed E-state index contributed by atoms with van der Waals surface area (Å²) < 4.78 is 1.56. The molecule has 0 unspecified atom stereocenters. The highest BCUT2D eigenvalue weighted by atomic mass is 35.5. The first kappa shape index (κ1) is 11.0. The number of nitrogens with zero attached hydrogens (tertiary/aromatic N) is 4. The summed E-state index contributed by atoms with van der Waals surface area (Å²) in [5.74, 6) is 1.36. The van der Waals surface area contributed by atoms with E-state index < -0.39 is 0 Å². The SMILES string of the molecule is ClCc1c(C2CC2)nn(-c2ncccn2)c1Cl. The molecule has 2 aromatic rings. The smallest absolute Gasteiger partial charge is 0.220 e. The lowest BCUT2D eigenvalue weighted by atomic mass is 10.2. The topological polar surface area (TPSA) is 43.6 Å². The molecule has 0 atom stereocenters. The number of halogens is 2. The van der Waals surface area contributed by atoms with Gasteiger partial charge in [0.25, 0.3) is 5.95 Å². The van der Waals surface area contributed by atoms with Crippen LogP contribution in [0.2, 0.25) is 5.15 Å². The first-order valence-electron chi connectivity index (χ1n) is 5.42. The van der Waals surface area contributed by atoms with Crippen LogP contribution in [0.1, 0.15) is 30.0 Å². The highest BCUT2D eigenvalue weighted by Gasteiger charge is 2.31. The average Bonchev–Trinajstić information content (AvgIpc) is 3.15. The molecule has 1 saturated carbocycles. The van der Waals surface area contributed by atoms with E-state index >= 15 is 0 Å². The summed E-state index contributed by atoms with van der Waals surface area (Å²) in [6.45, 7) is 0. The third kappa shape index (κ3) is 1.91. The van der Waals surface area contributed by atoms with Crippen molar-refractivity contribution in [3.8, 4) is 5.95 Å². The molecule has 0 aromatic carbocycles. The predicted molar refractivity (Wildman–Crippen MR) is 65.7 cm³/mol. The molecule has 2 heterocycles. The molecule has 0 N–H and O–H groups in total. The van der Waals surface area contributed by atoms with Crippen molar-refractivity contribution in [1.29, 1.82) is 0 Å². The fourth-order valence-electron chi connectivity index (χ4n) is 1.79. The summed E-state index contributed by atoms with van der Waals surface area (Å²) in [5, 5.41) is 5.01. The molecule has 0 spiro atoms. The summed E-state index contributed by atoms with van der Waals surface area (Å²) in [5.41, 5.74) is 1.90. The van der Waals surface area contributed by atoms with Gasteiger partial charge in [-0.1, -0.05) is 11.6 Å². The van der Waals surface area contributed by atoms with E-state index in [2.05, 4.69) is 15.1 Å². The summed E-state index contributed by atoms with van der Waals surface area (Å²) >= 11 is 12.2. The third-order valence-electron chi connectivity index (χ3n) is 2.79. The molecule has 4 nitrogen and oxygen atoms in total. The Morgan fingerprint density at radius 1 is 1.29 bits per heavy atom.